The number of carbonyl (C=O) groups excluding carboxylic acids is 1. The number of nitrogens with zero attached hydrogens (tertiary/aromatic N) is 2. The molecule has 15 heavy (non-hydrogen) atoms. The normalized spacial score (nSPS) is 14.9. The van der Waals surface area contributed by atoms with Crippen LogP contribution in [0.15, 0.2) is 12.5 Å². The van der Waals surface area contributed by atoms with E-state index in [4.69, 9.17) is 0 Å². The van der Waals surface area contributed by atoms with Crippen LogP contribution in [0.25, 0.3) is 0 Å². The number of aliphatic hydroxyl groups excluding tert-OH is 2. The molecule has 0 saturated heterocycles. The highest BCUT2D eigenvalue weighted by atomic mass is 32.2. The third-order valence-electron chi connectivity index (χ3n) is 1.85. The lowest BCUT2D eigenvalue weighted by Gasteiger charge is -2.14. The molecule has 2 atom stereocenters. The molecule has 1 rings (SSSR count). The van der Waals surface area contributed by atoms with Crippen molar-refractivity contribution in [3.8, 4) is 0 Å². The summed E-state index contributed by atoms with van der Waals surface area (Å²) in [5.41, 5.74) is 0.411. The number of aromatic nitrogens is 2. The van der Waals surface area contributed by atoms with Crippen molar-refractivity contribution in [2.45, 2.75) is 19.1 Å². The van der Waals surface area contributed by atoms with E-state index in [2.05, 4.69) is 4.98 Å². The van der Waals surface area contributed by atoms with Crippen LogP contribution >= 0.6 is 11.8 Å². The Morgan fingerprint density at radius 2 is 2.33 bits per heavy atom. The van der Waals surface area contributed by atoms with Gasteiger partial charge in [0.1, 0.15) is 6.10 Å². The van der Waals surface area contributed by atoms with Crippen LogP contribution in [0.4, 0.5) is 0 Å². The number of rotatable bonds is 4. The summed E-state index contributed by atoms with van der Waals surface area (Å²) in [5.74, 6) is 0.174. The summed E-state index contributed by atoms with van der Waals surface area (Å²) >= 11 is 0.986. The lowest BCUT2D eigenvalue weighted by molar-refractivity contribution is -0.109. The van der Waals surface area contributed by atoms with Crippen molar-refractivity contribution in [2.24, 2.45) is 7.05 Å². The van der Waals surface area contributed by atoms with Crippen LogP contribution < -0.4 is 0 Å². The fourth-order valence-corrected chi connectivity index (χ4v) is 1.66. The minimum absolute atomic E-state index is 0.0812. The second-order valence-electron chi connectivity index (χ2n) is 3.28. The van der Waals surface area contributed by atoms with Crippen LogP contribution in [0.1, 0.15) is 18.7 Å². The molecule has 1 aromatic heterocycles. The van der Waals surface area contributed by atoms with Gasteiger partial charge in [-0.15, -0.1) is 0 Å². The summed E-state index contributed by atoms with van der Waals surface area (Å²) in [6.07, 6.45) is 1.15. The molecule has 0 aliphatic carbocycles. The van der Waals surface area contributed by atoms with Crippen LogP contribution in [0, 0.1) is 0 Å². The standard InChI is InChI=1S/C9H14N2O3S/c1-6(12)15-4-8(13)9(14)7-3-11(2)5-10-7/h3,5,8-9,13-14H,4H2,1-2H3. The van der Waals surface area contributed by atoms with Crippen molar-refractivity contribution in [2.75, 3.05) is 5.75 Å². The molecule has 0 aliphatic rings. The van der Waals surface area contributed by atoms with Crippen molar-refractivity contribution in [1.29, 1.82) is 0 Å². The summed E-state index contributed by atoms with van der Waals surface area (Å²) in [7, 11) is 1.78. The Kier molecular flexibility index (Phi) is 4.31. The Hall–Kier alpha value is -0.850. The first-order valence-electron chi connectivity index (χ1n) is 4.48. The quantitative estimate of drug-likeness (QED) is 0.767. The minimum Gasteiger partial charge on any atom is -0.389 e. The van der Waals surface area contributed by atoms with E-state index < -0.39 is 12.2 Å². The number of thioether (sulfide) groups is 1. The molecular weight excluding hydrogens is 216 g/mol. The molecule has 84 valence electrons. The number of aliphatic hydroxyl groups is 2. The molecule has 2 N–H and O–H groups in total. The van der Waals surface area contributed by atoms with Gasteiger partial charge in [-0.2, -0.15) is 0 Å². The summed E-state index contributed by atoms with van der Waals surface area (Å²) in [6, 6.07) is 0. The van der Waals surface area contributed by atoms with Gasteiger partial charge in [-0.05, 0) is 0 Å². The number of imidazole rings is 1. The van der Waals surface area contributed by atoms with Crippen molar-refractivity contribution in [3.05, 3.63) is 18.2 Å². The third kappa shape index (κ3) is 3.65. The Morgan fingerprint density at radius 3 is 2.80 bits per heavy atom. The van der Waals surface area contributed by atoms with Gasteiger partial charge < -0.3 is 14.8 Å². The predicted octanol–water partition coefficient (Wildman–Crippen LogP) is 0.0941. The van der Waals surface area contributed by atoms with E-state index in [-0.39, 0.29) is 10.9 Å². The van der Waals surface area contributed by atoms with Gasteiger partial charge in [0, 0.05) is 25.9 Å². The SMILES string of the molecule is CC(=O)SCC(O)C(O)c1cn(C)cn1. The highest BCUT2D eigenvalue weighted by Crippen LogP contribution is 2.18. The summed E-state index contributed by atoms with van der Waals surface area (Å²) < 4.78 is 1.68. The zero-order valence-electron chi connectivity index (χ0n) is 8.62. The Bertz CT molecular complexity index is 340. The van der Waals surface area contributed by atoms with Gasteiger partial charge in [0.2, 0.25) is 0 Å². The Morgan fingerprint density at radius 1 is 1.67 bits per heavy atom. The second-order valence-corrected chi connectivity index (χ2v) is 4.48. The van der Waals surface area contributed by atoms with Gasteiger partial charge in [0.05, 0.1) is 18.1 Å². The van der Waals surface area contributed by atoms with Crippen LogP contribution in [0.2, 0.25) is 0 Å². The molecule has 0 aromatic carbocycles. The smallest absolute Gasteiger partial charge is 0.185 e. The van der Waals surface area contributed by atoms with Crippen LogP contribution in [0.5, 0.6) is 0 Å². The van der Waals surface area contributed by atoms with E-state index in [1.807, 2.05) is 0 Å². The first-order valence-corrected chi connectivity index (χ1v) is 5.46. The first-order chi connectivity index (χ1) is 7.00. The summed E-state index contributed by atoms with van der Waals surface area (Å²) in [5, 5.41) is 19.1. The zero-order chi connectivity index (χ0) is 11.4. The average Bonchev–Trinajstić information content (AvgIpc) is 2.60. The lowest BCUT2D eigenvalue weighted by Crippen LogP contribution is -2.21. The maximum atomic E-state index is 10.7. The van der Waals surface area contributed by atoms with E-state index in [9.17, 15) is 15.0 Å². The fraction of sp³-hybridized carbons (Fsp3) is 0.556. The molecule has 0 saturated carbocycles. The molecule has 1 aromatic rings. The Balaban J connectivity index is 2.52. The van der Waals surface area contributed by atoms with Gasteiger partial charge in [-0.3, -0.25) is 4.79 Å². The highest BCUT2D eigenvalue weighted by Gasteiger charge is 2.20. The molecule has 6 heteroatoms. The molecule has 0 aliphatic heterocycles. The number of aryl methyl sites for hydroxylation is 1. The van der Waals surface area contributed by atoms with Gasteiger partial charge in [-0.1, -0.05) is 11.8 Å². The maximum absolute atomic E-state index is 10.7. The van der Waals surface area contributed by atoms with E-state index in [1.54, 1.807) is 24.1 Å². The lowest BCUT2D eigenvalue weighted by atomic mass is 10.2. The fourth-order valence-electron chi connectivity index (χ4n) is 1.08. The van der Waals surface area contributed by atoms with Crippen LogP contribution in [-0.4, -0.2) is 36.7 Å². The zero-order valence-corrected chi connectivity index (χ0v) is 9.44. The van der Waals surface area contributed by atoms with Gasteiger partial charge in [0.15, 0.2) is 5.12 Å². The van der Waals surface area contributed by atoms with E-state index >= 15 is 0 Å². The van der Waals surface area contributed by atoms with Crippen molar-refractivity contribution in [3.63, 3.8) is 0 Å². The van der Waals surface area contributed by atoms with E-state index in [0.717, 1.165) is 11.8 Å². The molecule has 0 radical (unpaired) electrons. The molecular formula is C9H14N2O3S. The molecule has 2 unspecified atom stereocenters. The molecule has 1 heterocycles. The molecule has 0 amide bonds. The highest BCUT2D eigenvalue weighted by molar-refractivity contribution is 8.13. The summed E-state index contributed by atoms with van der Waals surface area (Å²) in [4.78, 5) is 14.6. The monoisotopic (exact) mass is 230 g/mol. The topological polar surface area (TPSA) is 75.3 Å². The molecule has 0 fully saturated rings. The van der Waals surface area contributed by atoms with Gasteiger partial charge in [0.25, 0.3) is 0 Å². The second kappa shape index (κ2) is 5.29. The number of hydrogen-bond acceptors (Lipinski definition) is 5. The van der Waals surface area contributed by atoms with E-state index in [1.165, 1.54) is 6.92 Å². The van der Waals surface area contributed by atoms with Gasteiger partial charge >= 0.3 is 0 Å². The average molecular weight is 230 g/mol. The van der Waals surface area contributed by atoms with Gasteiger partial charge in [-0.25, -0.2) is 4.98 Å². The third-order valence-corrected chi connectivity index (χ3v) is 2.76. The largest absolute Gasteiger partial charge is 0.389 e. The van der Waals surface area contributed by atoms with Crippen molar-refractivity contribution >= 4 is 16.9 Å². The number of carbonyl (C=O) groups is 1. The first kappa shape index (κ1) is 12.2. The van der Waals surface area contributed by atoms with Crippen LogP contribution in [-0.2, 0) is 11.8 Å². The maximum Gasteiger partial charge on any atom is 0.185 e. The minimum atomic E-state index is -1.04. The number of hydrogen-bond donors (Lipinski definition) is 2. The summed E-state index contributed by atoms with van der Waals surface area (Å²) in [6.45, 7) is 1.42. The van der Waals surface area contributed by atoms with Crippen LogP contribution in [0.3, 0.4) is 0 Å². The molecule has 0 spiro atoms. The molecule has 0 bridgehead atoms. The predicted molar refractivity (Wildman–Crippen MR) is 57.3 cm³/mol. The van der Waals surface area contributed by atoms with Crippen molar-refractivity contribution < 1.29 is 15.0 Å². The molecule has 5 nitrogen and oxygen atoms in total. The van der Waals surface area contributed by atoms with E-state index in [0.29, 0.717) is 5.69 Å². The Labute approximate surface area is 92.1 Å². The van der Waals surface area contributed by atoms with Crippen molar-refractivity contribution in [1.82, 2.24) is 9.55 Å².